The number of ether oxygens (including phenoxy) is 2. The van der Waals surface area contributed by atoms with Crippen molar-refractivity contribution < 1.29 is 31.1 Å². The lowest BCUT2D eigenvalue weighted by atomic mass is 10.1. The van der Waals surface area contributed by atoms with Gasteiger partial charge in [-0.15, -0.1) is 11.3 Å². The van der Waals surface area contributed by atoms with Crippen LogP contribution in [0.1, 0.15) is 12.0 Å². The summed E-state index contributed by atoms with van der Waals surface area (Å²) in [6.07, 6.45) is -4.51. The Bertz CT molecular complexity index is 1330. The van der Waals surface area contributed by atoms with Crippen LogP contribution in [-0.2, 0) is 16.2 Å². The Hall–Kier alpha value is -2.47. The van der Waals surface area contributed by atoms with Crippen molar-refractivity contribution in [3.05, 3.63) is 58.4 Å². The highest BCUT2D eigenvalue weighted by Gasteiger charge is 2.36. The minimum atomic E-state index is -4.65. The Labute approximate surface area is 210 Å². The quantitative estimate of drug-likeness (QED) is 0.395. The van der Waals surface area contributed by atoms with Crippen molar-refractivity contribution in [3.63, 3.8) is 0 Å². The third-order valence-corrected chi connectivity index (χ3v) is 8.65. The van der Waals surface area contributed by atoms with Gasteiger partial charge in [-0.1, -0.05) is 23.7 Å². The maximum Gasteiger partial charge on any atom is 0.419 e. The number of anilines is 1. The van der Waals surface area contributed by atoms with Crippen LogP contribution >= 0.6 is 22.9 Å². The van der Waals surface area contributed by atoms with Crippen LogP contribution in [0.5, 0.6) is 11.5 Å². The van der Waals surface area contributed by atoms with Crippen LogP contribution in [0.25, 0.3) is 11.1 Å². The number of benzene rings is 2. The summed E-state index contributed by atoms with van der Waals surface area (Å²) in [6, 6.07) is 11.3. The fraction of sp³-hybridized carbons (Fsp3) is 0.304. The van der Waals surface area contributed by atoms with Gasteiger partial charge in [-0.2, -0.15) is 13.2 Å². The summed E-state index contributed by atoms with van der Waals surface area (Å²) in [6.45, 7) is 1.18. The molecule has 1 saturated heterocycles. The molecule has 4 rings (SSSR count). The molecule has 3 aromatic rings. The number of hydrogen-bond acceptors (Lipinski definition) is 6. The molecular formula is C23H22ClF3N2O4S2. The molecule has 188 valence electrons. The van der Waals surface area contributed by atoms with Gasteiger partial charge in [0, 0.05) is 24.7 Å². The molecule has 2 aromatic carbocycles. The van der Waals surface area contributed by atoms with E-state index >= 15 is 0 Å². The van der Waals surface area contributed by atoms with Crippen molar-refractivity contribution in [1.82, 2.24) is 4.90 Å². The summed E-state index contributed by atoms with van der Waals surface area (Å²) in [5, 5.41) is 0. The molecule has 12 heteroatoms. The van der Waals surface area contributed by atoms with Crippen LogP contribution in [0.3, 0.4) is 0 Å². The van der Waals surface area contributed by atoms with E-state index in [9.17, 15) is 21.6 Å². The van der Waals surface area contributed by atoms with E-state index in [0.717, 1.165) is 29.5 Å². The maximum absolute atomic E-state index is 13.6. The SMILES string of the molecule is COc1cccc(-c2cc(Cl)sc2S(=O)(=O)Nc2ccc(C(F)(F)F)c(O[C@@H]3CCN(C)C3)c2)c1. The molecule has 1 aromatic heterocycles. The fourth-order valence-corrected chi connectivity index (χ4v) is 6.77. The van der Waals surface area contributed by atoms with E-state index in [0.29, 0.717) is 36.4 Å². The van der Waals surface area contributed by atoms with Crippen LogP contribution in [0, 0.1) is 0 Å². The predicted octanol–water partition coefficient (Wildman–Crippen LogP) is 5.98. The fourth-order valence-electron chi connectivity index (χ4n) is 3.83. The molecule has 1 aliphatic heterocycles. The summed E-state index contributed by atoms with van der Waals surface area (Å²) in [4.78, 5) is 1.95. The molecule has 35 heavy (non-hydrogen) atoms. The molecule has 0 bridgehead atoms. The van der Waals surface area contributed by atoms with Crippen molar-refractivity contribution >= 4 is 38.6 Å². The smallest absolute Gasteiger partial charge is 0.419 e. The zero-order valence-electron chi connectivity index (χ0n) is 18.7. The van der Waals surface area contributed by atoms with Crippen molar-refractivity contribution in [2.24, 2.45) is 0 Å². The van der Waals surface area contributed by atoms with E-state index in [1.807, 2.05) is 11.9 Å². The van der Waals surface area contributed by atoms with Crippen LogP contribution in [0.15, 0.2) is 52.7 Å². The summed E-state index contributed by atoms with van der Waals surface area (Å²) < 4.78 is 80.7. The van der Waals surface area contributed by atoms with Crippen molar-refractivity contribution in [3.8, 4) is 22.6 Å². The van der Waals surface area contributed by atoms with Gasteiger partial charge in [-0.05, 0) is 49.4 Å². The molecule has 0 saturated carbocycles. The first kappa shape index (κ1) is 25.6. The number of likely N-dealkylation sites (tertiary alicyclic amines) is 1. The zero-order chi connectivity index (χ0) is 25.4. The molecule has 1 N–H and O–H groups in total. The van der Waals surface area contributed by atoms with E-state index < -0.39 is 33.6 Å². The number of methoxy groups -OCH3 is 1. The number of alkyl halides is 3. The minimum absolute atomic E-state index is 0.0551. The molecule has 0 radical (unpaired) electrons. The molecule has 2 heterocycles. The first-order valence-electron chi connectivity index (χ1n) is 10.5. The predicted molar refractivity (Wildman–Crippen MR) is 130 cm³/mol. The number of hydrogen-bond donors (Lipinski definition) is 1. The highest BCUT2D eigenvalue weighted by Crippen LogP contribution is 2.41. The van der Waals surface area contributed by atoms with Crippen LogP contribution in [-0.4, -0.2) is 46.7 Å². The molecule has 1 aliphatic rings. The molecule has 0 aliphatic carbocycles. The second-order valence-electron chi connectivity index (χ2n) is 8.09. The maximum atomic E-state index is 13.6. The number of nitrogens with zero attached hydrogens (tertiary/aromatic N) is 1. The number of rotatable bonds is 7. The first-order valence-corrected chi connectivity index (χ1v) is 13.2. The summed E-state index contributed by atoms with van der Waals surface area (Å²) in [5.74, 6) is 0.110. The summed E-state index contributed by atoms with van der Waals surface area (Å²) in [5.41, 5.74) is -0.106. The van der Waals surface area contributed by atoms with Crippen LogP contribution in [0.2, 0.25) is 4.34 Å². The molecule has 1 fully saturated rings. The second kappa shape index (κ2) is 9.88. The van der Waals surface area contributed by atoms with Gasteiger partial charge in [0.15, 0.2) is 0 Å². The molecule has 0 unspecified atom stereocenters. The number of thiophene rings is 1. The molecular weight excluding hydrogens is 525 g/mol. The van der Waals surface area contributed by atoms with Gasteiger partial charge in [0.1, 0.15) is 21.8 Å². The molecule has 6 nitrogen and oxygen atoms in total. The monoisotopic (exact) mass is 546 g/mol. The Kier molecular flexibility index (Phi) is 7.23. The minimum Gasteiger partial charge on any atom is -0.497 e. The van der Waals surface area contributed by atoms with E-state index in [1.54, 1.807) is 24.3 Å². The lowest BCUT2D eigenvalue weighted by molar-refractivity contribution is -0.139. The molecule has 0 spiro atoms. The van der Waals surface area contributed by atoms with Gasteiger partial charge in [0.2, 0.25) is 0 Å². The van der Waals surface area contributed by atoms with E-state index in [2.05, 4.69) is 4.72 Å². The van der Waals surface area contributed by atoms with E-state index in [4.69, 9.17) is 21.1 Å². The third-order valence-electron chi connectivity index (χ3n) is 5.47. The average Bonchev–Trinajstić information content (AvgIpc) is 3.38. The van der Waals surface area contributed by atoms with Crippen molar-refractivity contribution in [1.29, 1.82) is 0 Å². The van der Waals surface area contributed by atoms with Crippen LogP contribution in [0.4, 0.5) is 18.9 Å². The Morgan fingerprint density at radius 1 is 1.17 bits per heavy atom. The number of nitrogens with one attached hydrogen (secondary N) is 1. The molecule has 0 amide bonds. The third kappa shape index (κ3) is 5.85. The van der Waals surface area contributed by atoms with Crippen LogP contribution < -0.4 is 14.2 Å². The first-order chi connectivity index (χ1) is 16.5. The highest BCUT2D eigenvalue weighted by atomic mass is 35.5. The normalized spacial score (nSPS) is 16.9. The summed E-state index contributed by atoms with van der Waals surface area (Å²) in [7, 11) is -0.849. The lowest BCUT2D eigenvalue weighted by Gasteiger charge is -2.19. The van der Waals surface area contributed by atoms with Gasteiger partial charge in [-0.3, -0.25) is 4.72 Å². The van der Waals surface area contributed by atoms with E-state index in [-0.39, 0.29) is 14.2 Å². The number of likely N-dealkylation sites (N-methyl/N-ethyl adjacent to an activating group) is 1. The lowest BCUT2D eigenvalue weighted by Crippen LogP contribution is -2.23. The van der Waals surface area contributed by atoms with Crippen molar-refractivity contribution in [2.45, 2.75) is 22.9 Å². The summed E-state index contributed by atoms with van der Waals surface area (Å²) >= 11 is 6.99. The highest BCUT2D eigenvalue weighted by molar-refractivity contribution is 7.94. The average molecular weight is 547 g/mol. The Balaban J connectivity index is 1.68. The number of halogens is 4. The Morgan fingerprint density at radius 2 is 1.94 bits per heavy atom. The van der Waals surface area contributed by atoms with Crippen molar-refractivity contribution in [2.75, 3.05) is 32.0 Å². The van der Waals surface area contributed by atoms with Gasteiger partial charge < -0.3 is 14.4 Å². The molecule has 1 atom stereocenters. The van der Waals surface area contributed by atoms with Gasteiger partial charge in [0.25, 0.3) is 10.0 Å². The number of sulfonamides is 1. The zero-order valence-corrected chi connectivity index (χ0v) is 21.1. The largest absolute Gasteiger partial charge is 0.497 e. The Morgan fingerprint density at radius 3 is 2.60 bits per heavy atom. The van der Waals surface area contributed by atoms with Gasteiger partial charge in [-0.25, -0.2) is 8.42 Å². The van der Waals surface area contributed by atoms with Gasteiger partial charge in [0.05, 0.1) is 22.7 Å². The van der Waals surface area contributed by atoms with E-state index in [1.165, 1.54) is 13.2 Å². The second-order valence-corrected chi connectivity index (χ2v) is 11.6. The topological polar surface area (TPSA) is 67.9 Å². The van der Waals surface area contributed by atoms with Gasteiger partial charge >= 0.3 is 6.18 Å². The standard InChI is InChI=1S/C23H22ClF3N2O4S2/c1-29-9-8-17(13-29)33-20-11-15(6-7-19(20)23(25,26)27)28-35(30,31)22-18(12-21(24)34-22)14-4-3-5-16(10-14)32-2/h3-7,10-12,17,28H,8-9,13H2,1-2H3/t17-/m1/s1.